The highest BCUT2D eigenvalue weighted by molar-refractivity contribution is 5.99. The highest BCUT2D eigenvalue weighted by Crippen LogP contribution is 2.38. The molecule has 0 heterocycles. The molecule has 17 heavy (non-hydrogen) atoms. The summed E-state index contributed by atoms with van der Waals surface area (Å²) in [5.41, 5.74) is 4.34. The number of anilines is 1. The van der Waals surface area contributed by atoms with E-state index >= 15 is 0 Å². The molecule has 0 aliphatic rings. The second-order valence-corrected chi connectivity index (χ2v) is 3.42. The lowest BCUT2D eigenvalue weighted by Crippen LogP contribution is -2.12. The number of carbonyl (C=O) groups is 1. The lowest BCUT2D eigenvalue weighted by Gasteiger charge is -2.15. The van der Waals surface area contributed by atoms with Crippen molar-refractivity contribution in [2.45, 2.75) is 20.0 Å². The second-order valence-electron chi connectivity index (χ2n) is 3.42. The molecule has 0 radical (unpaired) electrons. The van der Waals surface area contributed by atoms with Gasteiger partial charge in [-0.1, -0.05) is 0 Å². The maximum absolute atomic E-state index is 12.7. The zero-order chi connectivity index (χ0) is 13.2. The summed E-state index contributed by atoms with van der Waals surface area (Å²) in [6.45, 7) is 2.81. The van der Waals surface area contributed by atoms with Crippen molar-refractivity contribution < 1.29 is 22.7 Å². The minimum absolute atomic E-state index is 0.0195. The molecule has 0 unspecified atom stereocenters. The first-order chi connectivity index (χ1) is 7.77. The van der Waals surface area contributed by atoms with Crippen molar-refractivity contribution in [2.75, 3.05) is 12.3 Å². The van der Waals surface area contributed by atoms with Crippen LogP contribution in [0.15, 0.2) is 12.1 Å². The molecule has 0 amide bonds. The van der Waals surface area contributed by atoms with E-state index < -0.39 is 17.5 Å². The zero-order valence-corrected chi connectivity index (χ0v) is 9.39. The number of carbonyl (C=O) groups excluding carboxylic acids is 1. The first-order valence-electron chi connectivity index (χ1n) is 4.91. The average molecular weight is 247 g/mol. The molecule has 0 bridgehead atoms. The summed E-state index contributed by atoms with van der Waals surface area (Å²) in [7, 11) is 0. The van der Waals surface area contributed by atoms with Crippen molar-refractivity contribution in [3.63, 3.8) is 0 Å². The van der Waals surface area contributed by atoms with E-state index in [0.717, 1.165) is 19.1 Å². The van der Waals surface area contributed by atoms with Crippen LogP contribution in [-0.2, 0) is 6.18 Å². The number of ether oxygens (including phenoxy) is 1. The highest BCUT2D eigenvalue weighted by Gasteiger charge is 2.35. The minimum Gasteiger partial charge on any atom is -0.493 e. The molecule has 0 fully saturated rings. The number of nitrogens with two attached hydrogens (primary N) is 1. The van der Waals surface area contributed by atoms with Gasteiger partial charge < -0.3 is 10.5 Å². The van der Waals surface area contributed by atoms with Crippen LogP contribution in [0.1, 0.15) is 29.8 Å². The molecule has 1 rings (SSSR count). The second kappa shape index (κ2) is 4.65. The third-order valence-corrected chi connectivity index (χ3v) is 2.14. The van der Waals surface area contributed by atoms with Gasteiger partial charge in [-0.05, 0) is 19.9 Å². The fourth-order valence-electron chi connectivity index (χ4n) is 1.40. The molecular formula is C11H12F3NO2. The van der Waals surface area contributed by atoms with Gasteiger partial charge in [0.15, 0.2) is 5.78 Å². The molecule has 0 saturated heterocycles. The molecule has 3 nitrogen and oxygen atoms in total. The van der Waals surface area contributed by atoms with Crippen LogP contribution in [0.2, 0.25) is 0 Å². The summed E-state index contributed by atoms with van der Waals surface area (Å²) < 4.78 is 43.0. The van der Waals surface area contributed by atoms with Crippen LogP contribution < -0.4 is 10.5 Å². The van der Waals surface area contributed by atoms with Gasteiger partial charge in [0.05, 0.1) is 12.2 Å². The van der Waals surface area contributed by atoms with Crippen molar-refractivity contribution in [3.8, 4) is 5.75 Å². The predicted molar refractivity (Wildman–Crippen MR) is 57.0 cm³/mol. The third kappa shape index (κ3) is 2.89. The van der Waals surface area contributed by atoms with Crippen LogP contribution in [0, 0.1) is 0 Å². The molecule has 1 aromatic rings. The summed E-state index contributed by atoms with van der Waals surface area (Å²) in [6.07, 6.45) is -4.58. The van der Waals surface area contributed by atoms with Gasteiger partial charge in [-0.25, -0.2) is 0 Å². The van der Waals surface area contributed by atoms with Crippen LogP contribution >= 0.6 is 0 Å². The molecule has 0 aliphatic carbocycles. The van der Waals surface area contributed by atoms with Gasteiger partial charge in [0.2, 0.25) is 0 Å². The largest absolute Gasteiger partial charge is 0.493 e. The van der Waals surface area contributed by atoms with Gasteiger partial charge in [0, 0.05) is 17.3 Å². The van der Waals surface area contributed by atoms with E-state index in [9.17, 15) is 18.0 Å². The van der Waals surface area contributed by atoms with Crippen LogP contribution in [0.5, 0.6) is 5.75 Å². The first kappa shape index (κ1) is 13.3. The van der Waals surface area contributed by atoms with Crippen LogP contribution in [0.25, 0.3) is 0 Å². The standard InChI is InChI=1S/C11H12F3NO2/c1-3-17-10-5-9(15)7(6(2)16)4-8(10)11(12,13)14/h4-5H,3,15H2,1-2H3. The molecule has 0 atom stereocenters. The number of hydrogen-bond acceptors (Lipinski definition) is 3. The number of hydrogen-bond donors (Lipinski definition) is 1. The topological polar surface area (TPSA) is 52.3 Å². The summed E-state index contributed by atoms with van der Waals surface area (Å²) in [5.74, 6) is -0.876. The number of rotatable bonds is 3. The van der Waals surface area contributed by atoms with Crippen molar-refractivity contribution in [1.29, 1.82) is 0 Å². The Morgan fingerprint density at radius 3 is 2.41 bits per heavy atom. The zero-order valence-electron chi connectivity index (χ0n) is 9.39. The SMILES string of the molecule is CCOc1cc(N)c(C(C)=O)cc1C(F)(F)F. The van der Waals surface area contributed by atoms with Crippen molar-refractivity contribution in [3.05, 3.63) is 23.3 Å². The van der Waals surface area contributed by atoms with E-state index in [1.165, 1.54) is 0 Å². The Kier molecular flexibility index (Phi) is 3.65. The van der Waals surface area contributed by atoms with Crippen molar-refractivity contribution >= 4 is 11.5 Å². The lowest BCUT2D eigenvalue weighted by atomic mass is 10.0. The lowest BCUT2D eigenvalue weighted by molar-refractivity contribution is -0.138. The van der Waals surface area contributed by atoms with Crippen LogP contribution in [0.4, 0.5) is 18.9 Å². The van der Waals surface area contributed by atoms with E-state index in [1.807, 2.05) is 0 Å². The predicted octanol–water partition coefficient (Wildman–Crippen LogP) is 2.89. The van der Waals surface area contributed by atoms with Gasteiger partial charge in [0.1, 0.15) is 5.75 Å². The minimum atomic E-state index is -4.58. The number of halogens is 3. The Hall–Kier alpha value is -1.72. The Morgan fingerprint density at radius 1 is 1.41 bits per heavy atom. The molecule has 6 heteroatoms. The summed E-state index contributed by atoms with van der Waals surface area (Å²) in [4.78, 5) is 11.1. The molecule has 0 aromatic heterocycles. The highest BCUT2D eigenvalue weighted by atomic mass is 19.4. The van der Waals surface area contributed by atoms with E-state index in [4.69, 9.17) is 10.5 Å². The third-order valence-electron chi connectivity index (χ3n) is 2.14. The van der Waals surface area contributed by atoms with E-state index in [1.54, 1.807) is 6.92 Å². The van der Waals surface area contributed by atoms with Gasteiger partial charge in [0.25, 0.3) is 0 Å². The molecular weight excluding hydrogens is 235 g/mol. The molecule has 2 N–H and O–H groups in total. The van der Waals surface area contributed by atoms with Crippen LogP contribution in [-0.4, -0.2) is 12.4 Å². The number of benzene rings is 1. The smallest absolute Gasteiger partial charge is 0.419 e. The molecule has 0 saturated carbocycles. The average Bonchev–Trinajstić information content (AvgIpc) is 2.15. The number of Topliss-reactive ketones (excluding diaryl/α,β-unsaturated/α-hetero) is 1. The first-order valence-corrected chi connectivity index (χ1v) is 4.91. The number of nitrogen functional groups attached to an aromatic ring is 1. The summed E-state index contributed by atoms with van der Waals surface area (Å²) in [5, 5.41) is 0. The maximum Gasteiger partial charge on any atom is 0.419 e. The molecule has 94 valence electrons. The van der Waals surface area contributed by atoms with Gasteiger partial charge in [-0.2, -0.15) is 13.2 Å². The monoisotopic (exact) mass is 247 g/mol. The molecule has 1 aromatic carbocycles. The van der Waals surface area contributed by atoms with Gasteiger partial charge in [-0.3, -0.25) is 4.79 Å². The van der Waals surface area contributed by atoms with Crippen LogP contribution in [0.3, 0.4) is 0 Å². The van der Waals surface area contributed by atoms with Crippen molar-refractivity contribution in [2.24, 2.45) is 0 Å². The Labute approximate surface area is 96.4 Å². The maximum atomic E-state index is 12.7. The Balaban J connectivity index is 3.42. The fourth-order valence-corrected chi connectivity index (χ4v) is 1.40. The van der Waals surface area contributed by atoms with Crippen molar-refractivity contribution in [1.82, 2.24) is 0 Å². The Morgan fingerprint density at radius 2 is 2.00 bits per heavy atom. The van der Waals surface area contributed by atoms with E-state index in [2.05, 4.69) is 0 Å². The number of alkyl halides is 3. The van der Waals surface area contributed by atoms with Gasteiger partial charge in [-0.15, -0.1) is 0 Å². The number of ketones is 1. The quantitative estimate of drug-likeness (QED) is 0.660. The van der Waals surface area contributed by atoms with E-state index in [-0.39, 0.29) is 23.6 Å². The molecule has 0 aliphatic heterocycles. The Bertz CT molecular complexity index is 441. The normalized spacial score (nSPS) is 11.4. The summed E-state index contributed by atoms with van der Waals surface area (Å²) >= 11 is 0. The summed E-state index contributed by atoms with van der Waals surface area (Å²) in [6, 6.07) is 1.76. The van der Waals surface area contributed by atoms with Gasteiger partial charge >= 0.3 is 6.18 Å². The van der Waals surface area contributed by atoms with E-state index in [0.29, 0.717) is 0 Å². The molecule has 0 spiro atoms. The fraction of sp³-hybridized carbons (Fsp3) is 0.364.